The lowest BCUT2D eigenvalue weighted by Crippen LogP contribution is -2.27. The van der Waals surface area contributed by atoms with Gasteiger partial charge in [-0.3, -0.25) is 4.79 Å². The molecule has 0 amide bonds. The van der Waals surface area contributed by atoms with Crippen molar-refractivity contribution in [2.24, 2.45) is 41.4 Å². The molecule has 0 aromatic carbocycles. The monoisotopic (exact) mass is 490 g/mol. The number of fused-ring (bicyclic) bond motifs is 5. The molecular weight excluding hydrogens is 436 g/mol. The van der Waals surface area contributed by atoms with Crippen molar-refractivity contribution in [3.63, 3.8) is 0 Å². The molecule has 35 heavy (non-hydrogen) atoms. The van der Waals surface area contributed by atoms with Crippen LogP contribution in [0.2, 0.25) is 0 Å². The summed E-state index contributed by atoms with van der Waals surface area (Å²) < 4.78 is 10.7. The number of allylic oxidation sites excluding steroid dienone is 1. The average molecular weight is 491 g/mol. The van der Waals surface area contributed by atoms with Gasteiger partial charge in [-0.25, -0.2) is 4.79 Å². The zero-order chi connectivity index (χ0) is 26.2. The van der Waals surface area contributed by atoms with Crippen molar-refractivity contribution in [1.29, 1.82) is 0 Å². The minimum absolute atomic E-state index is 0.254. The van der Waals surface area contributed by atoms with Crippen molar-refractivity contribution in [3.05, 3.63) is 24.3 Å². The first kappa shape index (κ1) is 31.6. The van der Waals surface area contributed by atoms with Gasteiger partial charge in [0.25, 0.3) is 0 Å². The molecule has 0 radical (unpaired) electrons. The van der Waals surface area contributed by atoms with E-state index in [-0.39, 0.29) is 5.97 Å². The van der Waals surface area contributed by atoms with E-state index < -0.39 is 0 Å². The Morgan fingerprint density at radius 3 is 2.31 bits per heavy atom. The van der Waals surface area contributed by atoms with E-state index in [9.17, 15) is 9.59 Å². The number of aldehydes is 1. The lowest BCUT2D eigenvalue weighted by Gasteiger charge is -2.31. The molecule has 4 aliphatic rings. The number of rotatable bonds is 9. The van der Waals surface area contributed by atoms with Crippen molar-refractivity contribution in [2.75, 3.05) is 19.8 Å². The van der Waals surface area contributed by atoms with Gasteiger partial charge in [-0.15, -0.1) is 0 Å². The van der Waals surface area contributed by atoms with E-state index in [2.05, 4.69) is 13.5 Å². The first-order valence-electron chi connectivity index (χ1n) is 14.5. The van der Waals surface area contributed by atoms with E-state index in [0.717, 1.165) is 60.7 Å². The van der Waals surface area contributed by atoms with E-state index in [1.165, 1.54) is 57.4 Å². The summed E-state index contributed by atoms with van der Waals surface area (Å²) >= 11 is 0. The van der Waals surface area contributed by atoms with Crippen molar-refractivity contribution in [2.45, 2.75) is 99.3 Å². The predicted octanol–water partition coefficient (Wildman–Crippen LogP) is 7.81. The maximum atomic E-state index is 11.1. The van der Waals surface area contributed by atoms with Gasteiger partial charge in [0.15, 0.2) is 0 Å². The third kappa shape index (κ3) is 10.2. The molecule has 202 valence electrons. The number of ether oxygens (including phenoxy) is 2. The van der Waals surface area contributed by atoms with E-state index in [0.29, 0.717) is 18.8 Å². The zero-order valence-corrected chi connectivity index (χ0v) is 23.6. The van der Waals surface area contributed by atoms with E-state index in [1.54, 1.807) is 13.0 Å². The minimum atomic E-state index is -0.254. The van der Waals surface area contributed by atoms with Gasteiger partial charge in [-0.1, -0.05) is 66.5 Å². The number of esters is 1. The number of carbonyl (C=O) groups excluding carboxylic acids is 2. The molecule has 2 bridgehead atoms. The Kier molecular flexibility index (Phi) is 16.2. The second-order valence-electron chi connectivity index (χ2n) is 10.5. The molecule has 4 rings (SSSR count). The van der Waals surface area contributed by atoms with Crippen LogP contribution in [0.5, 0.6) is 0 Å². The van der Waals surface area contributed by atoms with Crippen LogP contribution >= 0.6 is 0 Å². The van der Waals surface area contributed by atoms with Crippen molar-refractivity contribution < 1.29 is 19.1 Å². The average Bonchev–Trinajstić information content (AvgIpc) is 3.65. The molecule has 0 aromatic rings. The van der Waals surface area contributed by atoms with Crippen LogP contribution < -0.4 is 0 Å². The summed E-state index contributed by atoms with van der Waals surface area (Å²) in [4.78, 5) is 21.2. The molecule has 4 heteroatoms. The molecule has 0 spiro atoms. The Bertz CT molecular complexity index is 640. The highest BCUT2D eigenvalue weighted by Crippen LogP contribution is 2.60. The Morgan fingerprint density at radius 2 is 1.69 bits per heavy atom. The molecule has 0 saturated heterocycles. The molecule has 0 N–H and O–H groups in total. The van der Waals surface area contributed by atoms with Crippen molar-refractivity contribution >= 4 is 12.3 Å². The van der Waals surface area contributed by atoms with Crippen LogP contribution in [0, 0.1) is 41.4 Å². The van der Waals surface area contributed by atoms with Crippen LogP contribution in [-0.4, -0.2) is 32.1 Å². The molecule has 0 aromatic heterocycles. The largest absolute Gasteiger partial charge is 0.462 e. The number of hydrogen-bond donors (Lipinski definition) is 0. The van der Waals surface area contributed by atoms with Gasteiger partial charge < -0.3 is 9.47 Å². The van der Waals surface area contributed by atoms with E-state index in [1.807, 2.05) is 27.7 Å². The van der Waals surface area contributed by atoms with Crippen LogP contribution in [-0.2, 0) is 19.1 Å². The topological polar surface area (TPSA) is 52.6 Å². The maximum Gasteiger partial charge on any atom is 0.333 e. The summed E-state index contributed by atoms with van der Waals surface area (Å²) in [6.07, 6.45) is 16.4. The van der Waals surface area contributed by atoms with E-state index >= 15 is 0 Å². The fraction of sp³-hybridized carbons (Fsp3) is 0.806. The molecule has 4 nitrogen and oxygen atoms in total. The van der Waals surface area contributed by atoms with Gasteiger partial charge in [0, 0.05) is 5.57 Å². The molecule has 0 heterocycles. The Balaban J connectivity index is 0.000000312. The third-order valence-electron chi connectivity index (χ3n) is 8.24. The Labute approximate surface area is 216 Å². The highest BCUT2D eigenvalue weighted by atomic mass is 16.5. The van der Waals surface area contributed by atoms with Crippen LogP contribution in [0.1, 0.15) is 99.3 Å². The molecule has 7 unspecified atom stereocenters. The standard InChI is InChI=1S/C15H22O2.C12H20O2.2C2H6/c16-6-1-2-7-17-10-12-8-11-9-15(12)14-5-3-4-13(11)14;1-9(2)12(13)14-7-6-11-5-4-10(3)8-11;2*1-2/h1-2,6,11-15H,3-5,7-10H2;10-11H,1,4-8H2,2-3H3;2*1-2H3. The second kappa shape index (κ2) is 17.9. The van der Waals surface area contributed by atoms with E-state index in [4.69, 9.17) is 9.47 Å². The normalized spacial score (nSPS) is 31.9. The van der Waals surface area contributed by atoms with Crippen LogP contribution in [0.4, 0.5) is 0 Å². The predicted molar refractivity (Wildman–Crippen MR) is 146 cm³/mol. The number of hydrogen-bond acceptors (Lipinski definition) is 4. The summed E-state index contributed by atoms with van der Waals surface area (Å²) in [6, 6.07) is 0. The van der Waals surface area contributed by atoms with Crippen molar-refractivity contribution in [1.82, 2.24) is 0 Å². The quantitative estimate of drug-likeness (QED) is 0.143. The highest BCUT2D eigenvalue weighted by molar-refractivity contribution is 5.86. The molecule has 0 aliphatic heterocycles. The summed E-state index contributed by atoms with van der Waals surface area (Å²) in [5.41, 5.74) is 0.491. The summed E-state index contributed by atoms with van der Waals surface area (Å²) in [7, 11) is 0. The second-order valence-corrected chi connectivity index (χ2v) is 10.5. The SMILES string of the molecule is C=C(C)C(=O)OCCC1CCC(C)C1.CC.CC.O=CC=CCOCC1CC2CC1C1CCCC21. The van der Waals surface area contributed by atoms with Crippen LogP contribution in [0.25, 0.3) is 0 Å². The third-order valence-corrected chi connectivity index (χ3v) is 8.24. The summed E-state index contributed by atoms with van der Waals surface area (Å²) in [5.74, 6) is 6.27. The lowest BCUT2D eigenvalue weighted by molar-refractivity contribution is -0.139. The van der Waals surface area contributed by atoms with Crippen molar-refractivity contribution in [3.8, 4) is 0 Å². The van der Waals surface area contributed by atoms with Gasteiger partial charge >= 0.3 is 5.97 Å². The lowest BCUT2D eigenvalue weighted by atomic mass is 9.76. The first-order chi connectivity index (χ1) is 17.0. The Morgan fingerprint density at radius 1 is 0.971 bits per heavy atom. The zero-order valence-electron chi connectivity index (χ0n) is 23.6. The fourth-order valence-corrected chi connectivity index (χ4v) is 6.83. The van der Waals surface area contributed by atoms with Gasteiger partial charge in [0.1, 0.15) is 6.29 Å². The van der Waals surface area contributed by atoms with Gasteiger partial charge in [-0.05, 0) is 93.0 Å². The molecule has 4 fully saturated rings. The molecule has 4 aliphatic carbocycles. The molecule has 4 saturated carbocycles. The maximum absolute atomic E-state index is 11.1. The minimum Gasteiger partial charge on any atom is -0.462 e. The fourth-order valence-electron chi connectivity index (χ4n) is 6.83. The number of carbonyl (C=O) groups is 2. The first-order valence-corrected chi connectivity index (χ1v) is 14.5. The Hall–Kier alpha value is -1.42. The van der Waals surface area contributed by atoms with Crippen LogP contribution in [0.3, 0.4) is 0 Å². The van der Waals surface area contributed by atoms with Gasteiger partial charge in [0.2, 0.25) is 0 Å². The molecular formula is C31H54O4. The molecule has 7 atom stereocenters. The van der Waals surface area contributed by atoms with Gasteiger partial charge in [0.05, 0.1) is 19.8 Å². The van der Waals surface area contributed by atoms with Crippen LogP contribution in [0.15, 0.2) is 24.3 Å². The van der Waals surface area contributed by atoms with Gasteiger partial charge in [-0.2, -0.15) is 0 Å². The summed E-state index contributed by atoms with van der Waals surface area (Å²) in [5, 5.41) is 0. The summed E-state index contributed by atoms with van der Waals surface area (Å²) in [6.45, 7) is 17.6. The smallest absolute Gasteiger partial charge is 0.333 e. The highest BCUT2D eigenvalue weighted by Gasteiger charge is 2.53.